The normalized spacial score (nSPS) is 15.3. The number of nitrogens with one attached hydrogen (secondary N) is 1. The third kappa shape index (κ3) is 4.74. The number of hydrogen-bond donors (Lipinski definition) is 1. The van der Waals surface area contributed by atoms with Crippen molar-refractivity contribution in [3.8, 4) is 17.6 Å². The summed E-state index contributed by atoms with van der Waals surface area (Å²) in [7, 11) is 1.88. The summed E-state index contributed by atoms with van der Waals surface area (Å²) in [5, 5.41) is 11.7. The summed E-state index contributed by atoms with van der Waals surface area (Å²) in [6, 6.07) is 17.0. The van der Waals surface area contributed by atoms with Gasteiger partial charge in [0.25, 0.3) is 0 Å². The van der Waals surface area contributed by atoms with Crippen molar-refractivity contribution in [2.24, 2.45) is 0 Å². The van der Waals surface area contributed by atoms with Crippen LogP contribution in [0.5, 0.6) is 11.5 Å². The Balaban J connectivity index is 1.42. The quantitative estimate of drug-likeness (QED) is 0.861. The van der Waals surface area contributed by atoms with Crippen molar-refractivity contribution in [1.82, 2.24) is 10.2 Å². The van der Waals surface area contributed by atoms with E-state index in [9.17, 15) is 4.79 Å². The van der Waals surface area contributed by atoms with Crippen molar-refractivity contribution in [2.75, 3.05) is 26.7 Å². The van der Waals surface area contributed by atoms with Crippen LogP contribution < -0.4 is 14.8 Å². The van der Waals surface area contributed by atoms with Gasteiger partial charge in [-0.15, -0.1) is 0 Å². The molecule has 0 saturated heterocycles. The average Bonchev–Trinajstić information content (AvgIpc) is 2.66. The molecule has 26 heavy (non-hydrogen) atoms. The molecule has 1 aliphatic heterocycles. The van der Waals surface area contributed by atoms with Crippen LogP contribution in [0, 0.1) is 11.3 Å². The van der Waals surface area contributed by atoms with Gasteiger partial charge in [0.1, 0.15) is 12.7 Å². The van der Waals surface area contributed by atoms with Crippen LogP contribution in [0.15, 0.2) is 48.5 Å². The Labute approximate surface area is 152 Å². The van der Waals surface area contributed by atoms with E-state index < -0.39 is 0 Å². The van der Waals surface area contributed by atoms with Crippen molar-refractivity contribution < 1.29 is 14.3 Å². The highest BCUT2D eigenvalue weighted by Crippen LogP contribution is 2.30. The van der Waals surface area contributed by atoms with Gasteiger partial charge in [-0.2, -0.15) is 5.26 Å². The van der Waals surface area contributed by atoms with E-state index in [1.54, 1.807) is 12.1 Å². The number of carbonyl (C=O) groups excluding carboxylic acids is 1. The molecule has 1 heterocycles. The molecule has 6 nitrogen and oxygen atoms in total. The van der Waals surface area contributed by atoms with E-state index in [1.807, 2.05) is 48.3 Å². The first kappa shape index (κ1) is 17.8. The van der Waals surface area contributed by atoms with Gasteiger partial charge >= 0.3 is 0 Å². The van der Waals surface area contributed by atoms with Crippen molar-refractivity contribution in [1.29, 1.82) is 5.26 Å². The molecule has 0 radical (unpaired) electrons. The maximum atomic E-state index is 12.1. The number of carbonyl (C=O) groups is 1. The van der Waals surface area contributed by atoms with Crippen LogP contribution in [-0.2, 0) is 11.3 Å². The third-order valence-electron chi connectivity index (χ3n) is 4.04. The summed E-state index contributed by atoms with van der Waals surface area (Å²) in [6.45, 7) is 1.73. The molecule has 2 aromatic rings. The van der Waals surface area contributed by atoms with Crippen molar-refractivity contribution in [2.45, 2.75) is 12.6 Å². The number of nitrogens with zero attached hydrogens (tertiary/aromatic N) is 2. The standard InChI is InChI=1S/C20H21N3O3/c1-23(12-16-8-6-15(10-21)7-9-16)13-20(24)22-11-17-14-25-18-4-2-3-5-19(18)26-17/h2-9,17H,11-14H2,1H3,(H,22,24). The Morgan fingerprint density at radius 2 is 1.96 bits per heavy atom. The lowest BCUT2D eigenvalue weighted by Crippen LogP contribution is -2.43. The summed E-state index contributed by atoms with van der Waals surface area (Å²) in [4.78, 5) is 14.1. The monoisotopic (exact) mass is 351 g/mol. The number of ether oxygens (including phenoxy) is 2. The van der Waals surface area contributed by atoms with Crippen LogP contribution in [0.1, 0.15) is 11.1 Å². The van der Waals surface area contributed by atoms with Gasteiger partial charge in [0, 0.05) is 6.54 Å². The molecule has 1 aliphatic rings. The van der Waals surface area contributed by atoms with Gasteiger partial charge in [0.05, 0.1) is 24.7 Å². The number of para-hydroxylation sites is 2. The van der Waals surface area contributed by atoms with E-state index in [-0.39, 0.29) is 18.6 Å². The zero-order chi connectivity index (χ0) is 18.4. The number of benzene rings is 2. The van der Waals surface area contributed by atoms with E-state index >= 15 is 0 Å². The lowest BCUT2D eigenvalue weighted by atomic mass is 10.1. The van der Waals surface area contributed by atoms with Crippen LogP contribution in [0.4, 0.5) is 0 Å². The lowest BCUT2D eigenvalue weighted by molar-refractivity contribution is -0.122. The predicted molar refractivity (Wildman–Crippen MR) is 96.9 cm³/mol. The van der Waals surface area contributed by atoms with Gasteiger partial charge in [-0.3, -0.25) is 9.69 Å². The number of likely N-dealkylation sites (N-methyl/N-ethyl adjacent to an activating group) is 1. The fourth-order valence-corrected chi connectivity index (χ4v) is 2.74. The fraction of sp³-hybridized carbons (Fsp3) is 0.300. The number of amides is 1. The third-order valence-corrected chi connectivity index (χ3v) is 4.04. The Hall–Kier alpha value is -3.04. The molecule has 3 rings (SSSR count). The maximum absolute atomic E-state index is 12.1. The smallest absolute Gasteiger partial charge is 0.234 e. The molecule has 134 valence electrons. The molecule has 1 unspecified atom stereocenters. The van der Waals surface area contributed by atoms with Gasteiger partial charge in [0.15, 0.2) is 11.5 Å². The van der Waals surface area contributed by atoms with Crippen LogP contribution >= 0.6 is 0 Å². The van der Waals surface area contributed by atoms with Gasteiger partial charge in [0.2, 0.25) is 5.91 Å². The minimum atomic E-state index is -0.197. The van der Waals surface area contributed by atoms with Gasteiger partial charge in [-0.1, -0.05) is 24.3 Å². The summed E-state index contributed by atoms with van der Waals surface area (Å²) in [5.41, 5.74) is 1.69. The lowest BCUT2D eigenvalue weighted by Gasteiger charge is -2.26. The predicted octanol–water partition coefficient (Wildman–Crippen LogP) is 1.95. The zero-order valence-corrected chi connectivity index (χ0v) is 14.6. The second kappa shape index (κ2) is 8.37. The Morgan fingerprint density at radius 3 is 2.69 bits per heavy atom. The molecular formula is C20H21N3O3. The van der Waals surface area contributed by atoms with E-state index in [0.717, 1.165) is 11.3 Å². The zero-order valence-electron chi connectivity index (χ0n) is 14.6. The molecule has 0 bridgehead atoms. The molecule has 1 N–H and O–H groups in total. The summed E-state index contributed by atoms with van der Waals surface area (Å²) < 4.78 is 11.5. The highest BCUT2D eigenvalue weighted by Gasteiger charge is 2.21. The summed E-state index contributed by atoms with van der Waals surface area (Å²) in [5.74, 6) is 1.37. The Morgan fingerprint density at radius 1 is 1.23 bits per heavy atom. The van der Waals surface area contributed by atoms with Crippen molar-refractivity contribution >= 4 is 5.91 Å². The van der Waals surface area contributed by atoms with E-state index in [4.69, 9.17) is 14.7 Å². The first-order valence-electron chi connectivity index (χ1n) is 8.47. The highest BCUT2D eigenvalue weighted by molar-refractivity contribution is 5.78. The fourth-order valence-electron chi connectivity index (χ4n) is 2.74. The van der Waals surface area contributed by atoms with E-state index in [1.165, 1.54) is 0 Å². The minimum absolute atomic E-state index is 0.0661. The topological polar surface area (TPSA) is 74.6 Å². The number of rotatable bonds is 6. The van der Waals surface area contributed by atoms with Crippen LogP contribution in [-0.4, -0.2) is 43.7 Å². The number of fused-ring (bicyclic) bond motifs is 1. The largest absolute Gasteiger partial charge is 0.486 e. The molecular weight excluding hydrogens is 330 g/mol. The average molecular weight is 351 g/mol. The molecule has 0 fully saturated rings. The number of hydrogen-bond acceptors (Lipinski definition) is 5. The van der Waals surface area contributed by atoms with Gasteiger partial charge < -0.3 is 14.8 Å². The number of nitriles is 1. The SMILES string of the molecule is CN(CC(=O)NCC1COc2ccccc2O1)Cc1ccc(C#N)cc1. The molecule has 0 aromatic heterocycles. The van der Waals surface area contributed by atoms with Crippen LogP contribution in [0.25, 0.3) is 0 Å². The molecule has 1 amide bonds. The molecule has 2 aromatic carbocycles. The van der Waals surface area contributed by atoms with E-state index in [0.29, 0.717) is 31.0 Å². The Kier molecular flexibility index (Phi) is 5.72. The molecule has 1 atom stereocenters. The van der Waals surface area contributed by atoms with Crippen molar-refractivity contribution in [3.63, 3.8) is 0 Å². The molecule has 0 saturated carbocycles. The summed E-state index contributed by atoms with van der Waals surface area (Å²) >= 11 is 0. The first-order valence-corrected chi connectivity index (χ1v) is 8.47. The van der Waals surface area contributed by atoms with Crippen molar-refractivity contribution in [3.05, 3.63) is 59.7 Å². The Bertz CT molecular complexity index is 799. The molecule has 0 spiro atoms. The van der Waals surface area contributed by atoms with Crippen LogP contribution in [0.3, 0.4) is 0 Å². The van der Waals surface area contributed by atoms with Gasteiger partial charge in [-0.25, -0.2) is 0 Å². The molecule has 6 heteroatoms. The molecule has 0 aliphatic carbocycles. The second-order valence-corrected chi connectivity index (χ2v) is 6.28. The van der Waals surface area contributed by atoms with Crippen LogP contribution in [0.2, 0.25) is 0 Å². The second-order valence-electron chi connectivity index (χ2n) is 6.28. The first-order chi connectivity index (χ1) is 12.6. The van der Waals surface area contributed by atoms with E-state index in [2.05, 4.69) is 11.4 Å². The maximum Gasteiger partial charge on any atom is 0.234 e. The minimum Gasteiger partial charge on any atom is -0.486 e. The van der Waals surface area contributed by atoms with Gasteiger partial charge in [-0.05, 0) is 36.9 Å². The summed E-state index contributed by atoms with van der Waals surface area (Å²) in [6.07, 6.45) is -0.197. The highest BCUT2D eigenvalue weighted by atomic mass is 16.6.